The van der Waals surface area contributed by atoms with Gasteiger partial charge in [-0.05, 0) is 108 Å². The summed E-state index contributed by atoms with van der Waals surface area (Å²) in [6.45, 7) is 2.11. The van der Waals surface area contributed by atoms with E-state index in [0.29, 0.717) is 43.9 Å². The van der Waals surface area contributed by atoms with Gasteiger partial charge in [0.2, 0.25) is 0 Å². The third-order valence-electron chi connectivity index (χ3n) is 10.9. The predicted molar refractivity (Wildman–Crippen MR) is 151 cm³/mol. The smallest absolute Gasteiger partial charge is 0.356 e. The fourth-order valence-corrected chi connectivity index (χ4v) is 11.2. The van der Waals surface area contributed by atoms with Crippen LogP contribution in [0.1, 0.15) is 90.9 Å². The Hall–Kier alpha value is -0.860. The van der Waals surface area contributed by atoms with Crippen LogP contribution in [-0.2, 0) is 37.8 Å². The van der Waals surface area contributed by atoms with Gasteiger partial charge in [0.15, 0.2) is 0 Å². The zero-order chi connectivity index (χ0) is 33.7. The number of carbonyl (C=O) groups is 2. The SMILES string of the molecule is CC(F)(SOO[O-])C(=O)OCC12CC3CC(CC(CO)(C3)C1)C2.CC(F)(SOO[O-])C(=O)OCC12CC3CC(O)(CC(O)(C3)C1)C2. The number of rotatable bonds is 13. The molecule has 8 fully saturated rings. The molecule has 13 nitrogen and oxygen atoms in total. The first-order chi connectivity index (χ1) is 21.4. The van der Waals surface area contributed by atoms with E-state index < -0.39 is 38.6 Å². The lowest BCUT2D eigenvalue weighted by atomic mass is 9.44. The zero-order valence-electron chi connectivity index (χ0n) is 25.8. The minimum absolute atomic E-state index is 0.00839. The third-order valence-corrected chi connectivity index (χ3v) is 12.2. The molecule has 0 aromatic rings. The van der Waals surface area contributed by atoms with Crippen LogP contribution in [0.3, 0.4) is 0 Å². The van der Waals surface area contributed by atoms with Crippen molar-refractivity contribution in [3.05, 3.63) is 0 Å². The van der Waals surface area contributed by atoms with Gasteiger partial charge in [0.25, 0.3) is 10.0 Å². The van der Waals surface area contributed by atoms with E-state index in [2.05, 4.69) is 18.7 Å². The second-order valence-corrected chi connectivity index (χ2v) is 17.6. The molecule has 6 unspecified atom stereocenters. The molecule has 0 saturated heterocycles. The molecule has 0 radical (unpaired) electrons. The van der Waals surface area contributed by atoms with E-state index in [1.54, 1.807) is 0 Å². The molecule has 8 aliphatic rings. The fraction of sp³-hybridized carbons (Fsp3) is 0.931. The van der Waals surface area contributed by atoms with Crippen molar-refractivity contribution in [1.82, 2.24) is 0 Å². The van der Waals surface area contributed by atoms with Crippen LogP contribution in [0.5, 0.6) is 0 Å². The topological polar surface area (TPSA) is 196 Å². The van der Waals surface area contributed by atoms with E-state index in [-0.39, 0.29) is 60.7 Å². The van der Waals surface area contributed by atoms with Crippen molar-refractivity contribution in [1.29, 1.82) is 0 Å². The number of esters is 2. The fourth-order valence-electron chi connectivity index (χ4n) is 10.6. The van der Waals surface area contributed by atoms with E-state index in [9.17, 15) is 44.2 Å². The van der Waals surface area contributed by atoms with E-state index in [4.69, 9.17) is 9.47 Å². The summed E-state index contributed by atoms with van der Waals surface area (Å²) < 4.78 is 46.2. The molecule has 264 valence electrons. The van der Waals surface area contributed by atoms with Gasteiger partial charge in [0, 0.05) is 23.9 Å². The summed E-state index contributed by atoms with van der Waals surface area (Å²) in [4.78, 5) is 23.8. The Morgan fingerprint density at radius 3 is 1.59 bits per heavy atom. The second kappa shape index (κ2) is 13.1. The van der Waals surface area contributed by atoms with E-state index >= 15 is 0 Å². The van der Waals surface area contributed by atoms with Gasteiger partial charge in [0.1, 0.15) is 0 Å². The highest BCUT2D eigenvalue weighted by Gasteiger charge is 2.63. The highest BCUT2D eigenvalue weighted by atomic mass is 32.2. The van der Waals surface area contributed by atoms with Gasteiger partial charge in [-0.2, -0.15) is 8.67 Å². The first-order valence-electron chi connectivity index (χ1n) is 15.5. The monoisotopic (exact) mass is 700 g/mol. The molecule has 0 aromatic carbocycles. The Labute approximate surface area is 274 Å². The number of ether oxygens (including phenoxy) is 2. The van der Waals surface area contributed by atoms with Gasteiger partial charge in [-0.1, -0.05) is 0 Å². The van der Waals surface area contributed by atoms with Gasteiger partial charge in [-0.25, -0.2) is 18.4 Å². The van der Waals surface area contributed by atoms with Crippen LogP contribution in [0.15, 0.2) is 0 Å². The van der Waals surface area contributed by atoms with Crippen LogP contribution in [0.4, 0.5) is 8.78 Å². The molecule has 8 rings (SSSR count). The van der Waals surface area contributed by atoms with E-state index in [1.807, 2.05) is 0 Å². The molecule has 0 spiro atoms. The lowest BCUT2D eigenvalue weighted by molar-refractivity contribution is -0.777. The number of aliphatic hydroxyl groups is 3. The summed E-state index contributed by atoms with van der Waals surface area (Å²) in [6.07, 6.45) is 9.28. The maximum atomic E-state index is 14.1. The molecular formula is C29H42F2O13S2-2. The van der Waals surface area contributed by atoms with Gasteiger partial charge in [0.05, 0.1) is 48.5 Å². The standard InChI is InChI=1S/C15H23FO6S.C14H21FO7S/c1-13(16,23-22-21-19)12(18)20-9-15-5-10-2-11(6-15)4-14(3-10,7-15)8-17;1-11(15,23-22-21-19)10(16)20-8-12-2-9-3-13(17,5-12)7-14(18,4-9)6-12/h10-11,17,19H,2-9H2,1H3;9,17-19H,2-8H2,1H3/p-2. The van der Waals surface area contributed by atoms with Crippen LogP contribution >= 0.6 is 24.1 Å². The zero-order valence-corrected chi connectivity index (χ0v) is 27.5. The van der Waals surface area contributed by atoms with E-state index in [0.717, 1.165) is 52.4 Å². The van der Waals surface area contributed by atoms with Crippen LogP contribution in [0.25, 0.3) is 0 Å². The second-order valence-electron chi connectivity index (χ2n) is 15.5. The lowest BCUT2D eigenvalue weighted by Gasteiger charge is -2.63. The molecule has 0 heterocycles. The molecule has 8 bridgehead atoms. The molecule has 0 aromatic heterocycles. The lowest BCUT2D eigenvalue weighted by Crippen LogP contribution is -2.64. The molecule has 0 aliphatic heterocycles. The molecule has 17 heteroatoms. The minimum Gasteiger partial charge on any atom is -0.691 e. The number of hydrogen-bond acceptors (Lipinski definition) is 15. The maximum Gasteiger partial charge on any atom is 0.356 e. The van der Waals surface area contributed by atoms with Crippen molar-refractivity contribution in [2.45, 2.75) is 112 Å². The summed E-state index contributed by atoms with van der Waals surface area (Å²) in [7, 11) is 0. The summed E-state index contributed by atoms with van der Waals surface area (Å²) in [6, 6.07) is 0. The van der Waals surface area contributed by atoms with Crippen molar-refractivity contribution in [3.8, 4) is 0 Å². The average molecular weight is 701 g/mol. The van der Waals surface area contributed by atoms with Crippen LogP contribution < -0.4 is 10.5 Å². The van der Waals surface area contributed by atoms with E-state index in [1.165, 1.54) is 6.42 Å². The molecule has 46 heavy (non-hydrogen) atoms. The summed E-state index contributed by atoms with van der Waals surface area (Å²) >= 11 is -0.0808. The Balaban J connectivity index is 0.000000181. The normalized spacial score (nSPS) is 42.5. The number of halogens is 2. The third kappa shape index (κ3) is 7.79. The average Bonchev–Trinajstić information content (AvgIpc) is 2.94. The number of aliphatic hydroxyl groups excluding tert-OH is 1. The van der Waals surface area contributed by atoms with Crippen molar-refractivity contribution in [2.75, 3.05) is 19.8 Å². The summed E-state index contributed by atoms with van der Waals surface area (Å²) in [5.74, 6) is -0.957. The minimum atomic E-state index is -2.58. The van der Waals surface area contributed by atoms with Crippen molar-refractivity contribution in [2.24, 2.45) is 34.0 Å². The summed E-state index contributed by atoms with van der Waals surface area (Å²) in [5.41, 5.74) is -2.61. The number of carbonyl (C=O) groups excluding carboxylic acids is 2. The number of hydrogen-bond donors (Lipinski definition) is 3. The Morgan fingerprint density at radius 2 is 1.15 bits per heavy atom. The van der Waals surface area contributed by atoms with Crippen molar-refractivity contribution < 1.29 is 72.4 Å². The Bertz CT molecular complexity index is 1110. The largest absolute Gasteiger partial charge is 0.691 e. The Kier molecular flexibility index (Phi) is 10.4. The summed E-state index contributed by atoms with van der Waals surface area (Å²) in [5, 5.41) is 51.6. The molecule has 8 saturated carbocycles. The van der Waals surface area contributed by atoms with Crippen LogP contribution in [0.2, 0.25) is 0 Å². The van der Waals surface area contributed by atoms with Gasteiger partial charge in [-0.15, -0.1) is 0 Å². The first kappa shape index (κ1) is 36.4. The van der Waals surface area contributed by atoms with Crippen molar-refractivity contribution >= 4 is 36.0 Å². The van der Waals surface area contributed by atoms with Crippen molar-refractivity contribution in [3.63, 3.8) is 0 Å². The molecule has 8 aliphatic carbocycles. The van der Waals surface area contributed by atoms with Crippen LogP contribution in [-0.4, -0.2) is 68.3 Å². The van der Waals surface area contributed by atoms with Gasteiger partial charge in [-0.3, -0.25) is 10.1 Å². The van der Waals surface area contributed by atoms with Gasteiger partial charge >= 0.3 is 11.9 Å². The highest BCUT2D eigenvalue weighted by Crippen LogP contribution is 2.65. The Morgan fingerprint density at radius 1 is 0.717 bits per heavy atom. The molecule has 3 N–H and O–H groups in total. The molecule has 0 amide bonds. The maximum absolute atomic E-state index is 14.1. The first-order valence-corrected chi connectivity index (χ1v) is 17.0. The van der Waals surface area contributed by atoms with Crippen LogP contribution in [0, 0.1) is 34.0 Å². The quantitative estimate of drug-likeness (QED) is 0.109. The number of alkyl halides is 2. The predicted octanol–water partition coefficient (Wildman–Crippen LogP) is 2.20. The van der Waals surface area contributed by atoms with Gasteiger partial charge < -0.3 is 35.3 Å². The molecular weight excluding hydrogens is 658 g/mol. The molecule has 6 atom stereocenters. The highest BCUT2D eigenvalue weighted by molar-refractivity contribution is 7.96.